The predicted molar refractivity (Wildman–Crippen MR) is 81.1 cm³/mol. The van der Waals surface area contributed by atoms with Crippen molar-refractivity contribution in [1.82, 2.24) is 0 Å². The van der Waals surface area contributed by atoms with Crippen LogP contribution >= 0.6 is 11.6 Å². The van der Waals surface area contributed by atoms with Crippen LogP contribution in [0.4, 0.5) is 0 Å². The quantitative estimate of drug-likeness (QED) is 0.744. The lowest BCUT2D eigenvalue weighted by atomic mass is 9.90. The normalized spacial score (nSPS) is 14.4. The Morgan fingerprint density at radius 2 is 1.85 bits per heavy atom. The van der Waals surface area contributed by atoms with Crippen molar-refractivity contribution >= 4 is 22.6 Å². The zero-order valence-corrected chi connectivity index (χ0v) is 12.1. The monoisotopic (exact) mass is 286 g/mol. The highest BCUT2D eigenvalue weighted by molar-refractivity contribution is 6.34. The molecule has 0 saturated heterocycles. The van der Waals surface area contributed by atoms with Gasteiger partial charge >= 0.3 is 0 Å². The van der Waals surface area contributed by atoms with Crippen LogP contribution in [0.25, 0.3) is 11.0 Å². The first-order valence-corrected chi connectivity index (χ1v) is 6.85. The number of furan rings is 1. The lowest BCUT2D eigenvalue weighted by molar-refractivity contribution is 0.0780. The largest absolute Gasteiger partial charge is 0.456 e. The summed E-state index contributed by atoms with van der Waals surface area (Å²) in [7, 11) is 0. The first-order chi connectivity index (χ1) is 9.50. The molecular formula is C17H15ClO2. The van der Waals surface area contributed by atoms with Crippen molar-refractivity contribution in [2.75, 3.05) is 0 Å². The van der Waals surface area contributed by atoms with E-state index in [1.807, 2.05) is 49.4 Å². The minimum atomic E-state index is -1.19. The molecule has 0 bridgehead atoms. The fourth-order valence-electron chi connectivity index (χ4n) is 2.52. The van der Waals surface area contributed by atoms with Crippen molar-refractivity contribution in [3.05, 3.63) is 70.4 Å². The molecule has 0 spiro atoms. The number of fused-ring (bicyclic) bond motifs is 1. The van der Waals surface area contributed by atoms with Crippen molar-refractivity contribution in [3.8, 4) is 0 Å². The molecule has 20 heavy (non-hydrogen) atoms. The van der Waals surface area contributed by atoms with Gasteiger partial charge in [-0.2, -0.15) is 0 Å². The first-order valence-electron chi connectivity index (χ1n) is 6.47. The van der Waals surface area contributed by atoms with Gasteiger partial charge in [-0.25, -0.2) is 0 Å². The Kier molecular flexibility index (Phi) is 3.08. The van der Waals surface area contributed by atoms with Crippen LogP contribution in [-0.4, -0.2) is 5.11 Å². The number of benzene rings is 2. The number of rotatable bonds is 2. The first kappa shape index (κ1) is 13.2. The van der Waals surface area contributed by atoms with Gasteiger partial charge in [-0.1, -0.05) is 48.0 Å². The van der Waals surface area contributed by atoms with Crippen LogP contribution in [0, 0.1) is 6.92 Å². The second kappa shape index (κ2) is 4.65. The number of aryl methyl sites for hydroxylation is 1. The summed E-state index contributed by atoms with van der Waals surface area (Å²) >= 11 is 6.12. The van der Waals surface area contributed by atoms with Gasteiger partial charge in [-0.05, 0) is 37.1 Å². The van der Waals surface area contributed by atoms with Crippen molar-refractivity contribution in [1.29, 1.82) is 0 Å². The molecule has 3 rings (SSSR count). The van der Waals surface area contributed by atoms with E-state index in [0.29, 0.717) is 16.4 Å². The second-order valence-electron chi connectivity index (χ2n) is 5.16. The van der Waals surface area contributed by atoms with Gasteiger partial charge in [-0.3, -0.25) is 0 Å². The highest BCUT2D eigenvalue weighted by atomic mass is 35.5. The molecule has 2 nitrogen and oxygen atoms in total. The van der Waals surface area contributed by atoms with E-state index in [0.717, 1.165) is 16.5 Å². The Morgan fingerprint density at radius 3 is 2.55 bits per heavy atom. The summed E-state index contributed by atoms with van der Waals surface area (Å²) in [5.41, 5.74) is 1.27. The lowest BCUT2D eigenvalue weighted by Gasteiger charge is -2.23. The van der Waals surface area contributed by atoms with E-state index in [1.165, 1.54) is 0 Å². The van der Waals surface area contributed by atoms with E-state index < -0.39 is 5.60 Å². The SMILES string of the molecule is Cc1ccccc1C(C)(O)c1cc2cccc(Cl)c2o1. The topological polar surface area (TPSA) is 33.4 Å². The molecular weight excluding hydrogens is 272 g/mol. The van der Waals surface area contributed by atoms with Gasteiger partial charge in [0.2, 0.25) is 0 Å². The summed E-state index contributed by atoms with van der Waals surface area (Å²) < 4.78 is 5.79. The number of hydrogen-bond donors (Lipinski definition) is 1. The molecule has 3 heteroatoms. The Morgan fingerprint density at radius 1 is 1.10 bits per heavy atom. The highest BCUT2D eigenvalue weighted by Gasteiger charge is 2.31. The van der Waals surface area contributed by atoms with E-state index in [-0.39, 0.29) is 0 Å². The highest BCUT2D eigenvalue weighted by Crippen LogP contribution is 2.36. The van der Waals surface area contributed by atoms with Crippen LogP contribution in [0.5, 0.6) is 0 Å². The van der Waals surface area contributed by atoms with E-state index in [4.69, 9.17) is 16.0 Å². The molecule has 0 aliphatic carbocycles. The van der Waals surface area contributed by atoms with Gasteiger partial charge in [0.15, 0.2) is 5.58 Å². The van der Waals surface area contributed by atoms with Gasteiger partial charge in [0.05, 0.1) is 5.02 Å². The number of para-hydroxylation sites is 1. The molecule has 3 aromatic rings. The molecule has 1 heterocycles. The zero-order chi connectivity index (χ0) is 14.3. The minimum Gasteiger partial charge on any atom is -0.456 e. The molecule has 0 amide bonds. The van der Waals surface area contributed by atoms with Gasteiger partial charge in [-0.15, -0.1) is 0 Å². The predicted octanol–water partition coefficient (Wildman–Crippen LogP) is 4.65. The molecule has 1 aromatic heterocycles. The Balaban J connectivity index is 2.19. The summed E-state index contributed by atoms with van der Waals surface area (Å²) in [6, 6.07) is 15.1. The molecule has 1 unspecified atom stereocenters. The van der Waals surface area contributed by atoms with Crippen molar-refractivity contribution in [3.63, 3.8) is 0 Å². The molecule has 2 aromatic carbocycles. The van der Waals surface area contributed by atoms with Crippen LogP contribution in [-0.2, 0) is 5.60 Å². The Bertz CT molecular complexity index is 772. The molecule has 0 fully saturated rings. The summed E-state index contributed by atoms with van der Waals surface area (Å²) in [6.45, 7) is 3.71. The average molecular weight is 287 g/mol. The van der Waals surface area contributed by atoms with Crippen LogP contribution in [0.1, 0.15) is 23.8 Å². The minimum absolute atomic E-state index is 0.495. The van der Waals surface area contributed by atoms with Crippen molar-refractivity contribution in [2.45, 2.75) is 19.4 Å². The third kappa shape index (κ3) is 2.01. The smallest absolute Gasteiger partial charge is 0.153 e. The molecule has 0 aliphatic rings. The van der Waals surface area contributed by atoms with E-state index in [9.17, 15) is 5.11 Å². The van der Waals surface area contributed by atoms with Crippen LogP contribution in [0.2, 0.25) is 5.02 Å². The van der Waals surface area contributed by atoms with Gasteiger partial charge in [0, 0.05) is 5.39 Å². The zero-order valence-electron chi connectivity index (χ0n) is 11.4. The molecule has 1 N–H and O–H groups in total. The maximum Gasteiger partial charge on any atom is 0.153 e. The maximum atomic E-state index is 10.9. The molecule has 0 saturated carbocycles. The lowest BCUT2D eigenvalue weighted by Crippen LogP contribution is -2.23. The fourth-order valence-corrected chi connectivity index (χ4v) is 2.74. The third-order valence-corrected chi connectivity index (χ3v) is 3.94. The Hall–Kier alpha value is -1.77. The van der Waals surface area contributed by atoms with Crippen molar-refractivity contribution < 1.29 is 9.52 Å². The fraction of sp³-hybridized carbons (Fsp3) is 0.176. The molecule has 0 radical (unpaired) electrons. The number of aliphatic hydroxyl groups is 1. The molecule has 102 valence electrons. The maximum absolute atomic E-state index is 10.9. The van der Waals surface area contributed by atoms with Crippen LogP contribution in [0.15, 0.2) is 52.9 Å². The Labute approximate surface area is 122 Å². The summed E-state index contributed by atoms with van der Waals surface area (Å²) in [5.74, 6) is 0.495. The van der Waals surface area contributed by atoms with E-state index in [2.05, 4.69) is 0 Å². The standard InChI is InChI=1S/C17H15ClO2/c1-11-6-3-4-8-13(11)17(2,19)15-10-12-7-5-9-14(18)16(12)20-15/h3-10,19H,1-2H3. The van der Waals surface area contributed by atoms with Gasteiger partial charge in [0.25, 0.3) is 0 Å². The number of halogens is 1. The van der Waals surface area contributed by atoms with E-state index >= 15 is 0 Å². The third-order valence-electron chi connectivity index (χ3n) is 3.65. The second-order valence-corrected chi connectivity index (χ2v) is 5.56. The summed E-state index contributed by atoms with van der Waals surface area (Å²) in [4.78, 5) is 0. The van der Waals surface area contributed by atoms with Crippen LogP contribution in [0.3, 0.4) is 0 Å². The summed E-state index contributed by atoms with van der Waals surface area (Å²) in [6.07, 6.45) is 0. The van der Waals surface area contributed by atoms with Crippen molar-refractivity contribution in [2.24, 2.45) is 0 Å². The van der Waals surface area contributed by atoms with Gasteiger partial charge in [0.1, 0.15) is 11.4 Å². The summed E-state index contributed by atoms with van der Waals surface area (Å²) in [5, 5.41) is 12.3. The van der Waals surface area contributed by atoms with Gasteiger partial charge < -0.3 is 9.52 Å². The van der Waals surface area contributed by atoms with E-state index in [1.54, 1.807) is 13.0 Å². The average Bonchev–Trinajstić information content (AvgIpc) is 2.85. The van der Waals surface area contributed by atoms with Crippen LogP contribution < -0.4 is 0 Å². The molecule has 0 aliphatic heterocycles. The number of hydrogen-bond acceptors (Lipinski definition) is 2. The molecule has 1 atom stereocenters.